The molecule has 0 aliphatic rings. The van der Waals surface area contributed by atoms with Crippen molar-refractivity contribution in [2.45, 2.75) is 39.8 Å². The standard InChI is InChI=1S/C24H31Cl2N3O4S/c1-5-21(24(31)27-14-17(2)3)28(15-18-10-6-7-11-19(18)25)23(30)16-29(34(4,32)33)22-13-9-8-12-20(22)26/h6-13,17,21H,5,14-16H2,1-4H3,(H,27,31)/t21-/m0/s1. The molecule has 186 valence electrons. The summed E-state index contributed by atoms with van der Waals surface area (Å²) < 4.78 is 26.2. The van der Waals surface area contributed by atoms with Crippen LogP contribution in [0.3, 0.4) is 0 Å². The molecule has 0 aromatic heterocycles. The van der Waals surface area contributed by atoms with Crippen molar-refractivity contribution in [1.29, 1.82) is 0 Å². The van der Waals surface area contributed by atoms with Crippen molar-refractivity contribution < 1.29 is 18.0 Å². The summed E-state index contributed by atoms with van der Waals surface area (Å²) in [5.74, 6) is -0.618. The van der Waals surface area contributed by atoms with Crippen LogP contribution in [0.4, 0.5) is 5.69 Å². The van der Waals surface area contributed by atoms with Crippen LogP contribution in [0.5, 0.6) is 0 Å². The van der Waals surface area contributed by atoms with Crippen LogP contribution in [0.25, 0.3) is 0 Å². The number of rotatable bonds is 11. The molecule has 0 spiro atoms. The lowest BCUT2D eigenvalue weighted by Gasteiger charge is -2.33. The number of halogens is 2. The maximum atomic E-state index is 13.6. The van der Waals surface area contributed by atoms with E-state index in [0.717, 1.165) is 10.6 Å². The lowest BCUT2D eigenvalue weighted by Crippen LogP contribution is -2.52. The Morgan fingerprint density at radius 2 is 1.59 bits per heavy atom. The van der Waals surface area contributed by atoms with E-state index in [1.807, 2.05) is 13.8 Å². The first-order valence-electron chi connectivity index (χ1n) is 11.0. The lowest BCUT2D eigenvalue weighted by atomic mass is 10.1. The molecule has 10 heteroatoms. The van der Waals surface area contributed by atoms with Crippen LogP contribution < -0.4 is 9.62 Å². The number of nitrogens with zero attached hydrogens (tertiary/aromatic N) is 2. The molecule has 0 saturated carbocycles. The fraction of sp³-hybridized carbons (Fsp3) is 0.417. The number of anilines is 1. The van der Waals surface area contributed by atoms with Gasteiger partial charge in [-0.15, -0.1) is 0 Å². The maximum absolute atomic E-state index is 13.6. The normalized spacial score (nSPS) is 12.3. The third kappa shape index (κ3) is 7.61. The van der Waals surface area contributed by atoms with Crippen molar-refractivity contribution in [2.24, 2.45) is 5.92 Å². The summed E-state index contributed by atoms with van der Waals surface area (Å²) in [7, 11) is -3.85. The molecule has 34 heavy (non-hydrogen) atoms. The van der Waals surface area contributed by atoms with Gasteiger partial charge in [-0.3, -0.25) is 13.9 Å². The Bertz CT molecular complexity index is 1110. The smallest absolute Gasteiger partial charge is 0.244 e. The highest BCUT2D eigenvalue weighted by molar-refractivity contribution is 7.92. The van der Waals surface area contributed by atoms with E-state index in [1.54, 1.807) is 49.4 Å². The average molecular weight is 529 g/mol. The number of carbonyl (C=O) groups excluding carboxylic acids is 2. The van der Waals surface area contributed by atoms with E-state index in [2.05, 4.69) is 5.32 Å². The number of benzene rings is 2. The van der Waals surface area contributed by atoms with E-state index in [4.69, 9.17) is 23.2 Å². The lowest BCUT2D eigenvalue weighted by molar-refractivity contribution is -0.140. The Hall–Kier alpha value is -2.29. The van der Waals surface area contributed by atoms with Crippen molar-refractivity contribution in [3.05, 3.63) is 64.1 Å². The zero-order chi connectivity index (χ0) is 25.5. The summed E-state index contributed by atoms with van der Waals surface area (Å²) in [4.78, 5) is 28.0. The van der Waals surface area contributed by atoms with Gasteiger partial charge in [0.05, 0.1) is 17.0 Å². The molecule has 0 saturated heterocycles. The zero-order valence-corrected chi connectivity index (χ0v) is 22.1. The Balaban J connectivity index is 2.45. The zero-order valence-electron chi connectivity index (χ0n) is 19.8. The second kappa shape index (κ2) is 12.4. The Labute approximate surface area is 212 Å². The number of sulfonamides is 1. The molecular formula is C24H31Cl2N3O4S. The minimum atomic E-state index is -3.85. The van der Waals surface area contributed by atoms with Gasteiger partial charge in [0.15, 0.2) is 0 Å². The van der Waals surface area contributed by atoms with Gasteiger partial charge in [0.25, 0.3) is 0 Å². The molecule has 0 heterocycles. The number of para-hydroxylation sites is 1. The van der Waals surface area contributed by atoms with Gasteiger partial charge in [0, 0.05) is 18.1 Å². The van der Waals surface area contributed by atoms with Gasteiger partial charge in [-0.2, -0.15) is 0 Å². The third-order valence-corrected chi connectivity index (χ3v) is 6.98. The maximum Gasteiger partial charge on any atom is 0.244 e. The van der Waals surface area contributed by atoms with Crippen molar-refractivity contribution in [1.82, 2.24) is 10.2 Å². The van der Waals surface area contributed by atoms with Gasteiger partial charge in [0.2, 0.25) is 21.8 Å². The highest BCUT2D eigenvalue weighted by atomic mass is 35.5. The Morgan fingerprint density at radius 1 is 1.00 bits per heavy atom. The second-order valence-corrected chi connectivity index (χ2v) is 11.1. The van der Waals surface area contributed by atoms with Crippen LogP contribution in [0.2, 0.25) is 10.0 Å². The molecule has 0 bridgehead atoms. The summed E-state index contributed by atoms with van der Waals surface area (Å²) in [5.41, 5.74) is 0.839. The monoisotopic (exact) mass is 527 g/mol. The van der Waals surface area contributed by atoms with Gasteiger partial charge in [-0.1, -0.05) is 74.3 Å². The Morgan fingerprint density at radius 3 is 2.12 bits per heavy atom. The second-order valence-electron chi connectivity index (χ2n) is 8.40. The van der Waals surface area contributed by atoms with Crippen molar-refractivity contribution >= 4 is 50.7 Å². The molecule has 0 aliphatic carbocycles. The van der Waals surface area contributed by atoms with Crippen molar-refractivity contribution in [3.63, 3.8) is 0 Å². The first-order valence-corrected chi connectivity index (χ1v) is 13.6. The van der Waals surface area contributed by atoms with Gasteiger partial charge >= 0.3 is 0 Å². The van der Waals surface area contributed by atoms with E-state index in [-0.39, 0.29) is 29.1 Å². The van der Waals surface area contributed by atoms with Gasteiger partial charge < -0.3 is 10.2 Å². The molecule has 2 aromatic rings. The fourth-order valence-corrected chi connectivity index (χ4v) is 4.75. The fourth-order valence-electron chi connectivity index (χ4n) is 3.40. The summed E-state index contributed by atoms with van der Waals surface area (Å²) in [6.45, 7) is 5.74. The van der Waals surface area contributed by atoms with Gasteiger partial charge in [-0.05, 0) is 36.1 Å². The van der Waals surface area contributed by atoms with Crippen LogP contribution >= 0.6 is 23.2 Å². The number of hydrogen-bond donors (Lipinski definition) is 1. The van der Waals surface area contributed by atoms with E-state index >= 15 is 0 Å². The summed E-state index contributed by atoms with van der Waals surface area (Å²) in [5, 5.41) is 3.52. The first-order chi connectivity index (χ1) is 16.0. The number of amides is 2. The molecule has 2 amide bonds. The molecule has 1 N–H and O–H groups in total. The number of nitrogens with one attached hydrogen (secondary N) is 1. The molecule has 2 rings (SSSR count). The minimum Gasteiger partial charge on any atom is -0.354 e. The highest BCUT2D eigenvalue weighted by Crippen LogP contribution is 2.28. The van der Waals surface area contributed by atoms with Crippen LogP contribution in [-0.2, 0) is 26.2 Å². The third-order valence-electron chi connectivity index (χ3n) is 5.17. The van der Waals surface area contributed by atoms with E-state index in [0.29, 0.717) is 23.6 Å². The van der Waals surface area contributed by atoms with Crippen molar-refractivity contribution in [2.75, 3.05) is 23.7 Å². The minimum absolute atomic E-state index is 0.0479. The summed E-state index contributed by atoms with van der Waals surface area (Å²) >= 11 is 12.6. The molecule has 7 nitrogen and oxygen atoms in total. The summed E-state index contributed by atoms with van der Waals surface area (Å²) in [6.07, 6.45) is 1.35. The average Bonchev–Trinajstić information content (AvgIpc) is 2.76. The molecule has 0 unspecified atom stereocenters. The first kappa shape index (κ1) is 28.0. The largest absolute Gasteiger partial charge is 0.354 e. The van der Waals surface area contributed by atoms with Gasteiger partial charge in [0.1, 0.15) is 12.6 Å². The van der Waals surface area contributed by atoms with Crippen LogP contribution in [0.15, 0.2) is 48.5 Å². The van der Waals surface area contributed by atoms with Crippen LogP contribution in [-0.4, -0.2) is 50.5 Å². The van der Waals surface area contributed by atoms with Gasteiger partial charge in [-0.25, -0.2) is 8.42 Å². The quantitative estimate of drug-likeness (QED) is 0.470. The van der Waals surface area contributed by atoms with Crippen LogP contribution in [0, 0.1) is 5.92 Å². The predicted octanol–water partition coefficient (Wildman–Crippen LogP) is 4.34. The van der Waals surface area contributed by atoms with E-state index in [9.17, 15) is 18.0 Å². The molecular weight excluding hydrogens is 497 g/mol. The van der Waals surface area contributed by atoms with Crippen molar-refractivity contribution in [3.8, 4) is 0 Å². The van der Waals surface area contributed by atoms with Crippen LogP contribution in [0.1, 0.15) is 32.8 Å². The highest BCUT2D eigenvalue weighted by Gasteiger charge is 2.32. The summed E-state index contributed by atoms with van der Waals surface area (Å²) in [6, 6.07) is 12.6. The topological polar surface area (TPSA) is 86.8 Å². The van der Waals surface area contributed by atoms with E-state index in [1.165, 1.54) is 11.0 Å². The SMILES string of the molecule is CC[C@@H](C(=O)NCC(C)C)N(Cc1ccccc1Cl)C(=O)CN(c1ccccc1Cl)S(C)(=O)=O. The predicted molar refractivity (Wildman–Crippen MR) is 138 cm³/mol. The van der Waals surface area contributed by atoms with E-state index < -0.39 is 28.5 Å². The molecule has 0 fully saturated rings. The number of hydrogen-bond acceptors (Lipinski definition) is 4. The Kier molecular flexibility index (Phi) is 10.2. The molecule has 1 atom stereocenters. The molecule has 0 aliphatic heterocycles. The molecule has 0 radical (unpaired) electrons. The number of carbonyl (C=O) groups is 2. The molecule has 2 aromatic carbocycles.